The van der Waals surface area contributed by atoms with Crippen LogP contribution in [0.15, 0.2) is 24.3 Å². The highest BCUT2D eigenvalue weighted by atomic mass is 19.3. The van der Waals surface area contributed by atoms with Gasteiger partial charge in [-0.2, -0.15) is 0 Å². The van der Waals surface area contributed by atoms with E-state index in [0.717, 1.165) is 12.1 Å². The lowest BCUT2D eigenvalue weighted by molar-refractivity contribution is 0.149. The summed E-state index contributed by atoms with van der Waals surface area (Å²) in [6, 6.07) is 7.24. The van der Waals surface area contributed by atoms with E-state index in [-0.39, 0.29) is 6.42 Å². The standard InChI is InChI=1S/C10H13F2N/c1-13-7-9-4-2-8(3-5-9)6-10(11)12/h2-5,10,13H,6-7H2,1H3. The maximum Gasteiger partial charge on any atom is 0.242 e. The second-order valence-electron chi connectivity index (χ2n) is 2.94. The molecule has 1 aromatic carbocycles. The van der Waals surface area contributed by atoms with Gasteiger partial charge in [0.2, 0.25) is 6.43 Å². The molecular weight excluding hydrogens is 172 g/mol. The summed E-state index contributed by atoms with van der Waals surface area (Å²) < 4.78 is 23.9. The van der Waals surface area contributed by atoms with Crippen LogP contribution in [0, 0.1) is 0 Å². The molecule has 0 unspecified atom stereocenters. The van der Waals surface area contributed by atoms with E-state index in [9.17, 15) is 8.78 Å². The Labute approximate surface area is 76.8 Å². The van der Waals surface area contributed by atoms with Crippen LogP contribution in [0.5, 0.6) is 0 Å². The van der Waals surface area contributed by atoms with Crippen molar-refractivity contribution >= 4 is 0 Å². The Hall–Kier alpha value is -0.960. The van der Waals surface area contributed by atoms with Crippen LogP contribution in [0.1, 0.15) is 11.1 Å². The fraction of sp³-hybridized carbons (Fsp3) is 0.400. The third-order valence-electron chi connectivity index (χ3n) is 1.79. The summed E-state index contributed by atoms with van der Waals surface area (Å²) in [5.74, 6) is 0. The molecule has 0 saturated heterocycles. The summed E-state index contributed by atoms with van der Waals surface area (Å²) >= 11 is 0. The maximum absolute atomic E-state index is 12.0. The van der Waals surface area contributed by atoms with E-state index in [4.69, 9.17) is 0 Å². The Bertz CT molecular complexity index is 244. The third kappa shape index (κ3) is 3.51. The van der Waals surface area contributed by atoms with E-state index in [1.54, 1.807) is 12.1 Å². The van der Waals surface area contributed by atoms with Crippen LogP contribution in [0.3, 0.4) is 0 Å². The van der Waals surface area contributed by atoms with E-state index in [2.05, 4.69) is 5.32 Å². The smallest absolute Gasteiger partial charge is 0.242 e. The molecule has 0 radical (unpaired) electrons. The van der Waals surface area contributed by atoms with Crippen molar-refractivity contribution in [3.05, 3.63) is 35.4 Å². The molecule has 13 heavy (non-hydrogen) atoms. The van der Waals surface area contributed by atoms with Crippen LogP contribution in [0.4, 0.5) is 8.78 Å². The number of hydrogen-bond donors (Lipinski definition) is 1. The van der Waals surface area contributed by atoms with E-state index in [1.807, 2.05) is 19.2 Å². The molecule has 0 aliphatic rings. The van der Waals surface area contributed by atoms with Crippen molar-refractivity contribution < 1.29 is 8.78 Å². The molecule has 1 rings (SSSR count). The van der Waals surface area contributed by atoms with Gasteiger partial charge in [0.15, 0.2) is 0 Å². The number of alkyl halides is 2. The van der Waals surface area contributed by atoms with Crippen molar-refractivity contribution in [1.82, 2.24) is 5.32 Å². The maximum atomic E-state index is 12.0. The van der Waals surface area contributed by atoms with Gasteiger partial charge in [0, 0.05) is 13.0 Å². The minimum atomic E-state index is -2.25. The minimum Gasteiger partial charge on any atom is -0.316 e. The van der Waals surface area contributed by atoms with Gasteiger partial charge in [0.1, 0.15) is 0 Å². The lowest BCUT2D eigenvalue weighted by atomic mass is 10.1. The molecule has 0 aliphatic heterocycles. The molecule has 1 nitrogen and oxygen atoms in total. The van der Waals surface area contributed by atoms with Crippen molar-refractivity contribution in [1.29, 1.82) is 0 Å². The summed E-state index contributed by atoms with van der Waals surface area (Å²) in [5, 5.41) is 3.00. The normalized spacial score (nSPS) is 10.8. The Morgan fingerprint density at radius 1 is 1.15 bits per heavy atom. The highest BCUT2D eigenvalue weighted by Gasteiger charge is 2.03. The van der Waals surface area contributed by atoms with Gasteiger partial charge in [-0.15, -0.1) is 0 Å². The van der Waals surface area contributed by atoms with Gasteiger partial charge in [-0.1, -0.05) is 24.3 Å². The topological polar surface area (TPSA) is 12.0 Å². The molecule has 0 amide bonds. The van der Waals surface area contributed by atoms with Crippen LogP contribution in [-0.4, -0.2) is 13.5 Å². The van der Waals surface area contributed by atoms with Crippen molar-refractivity contribution in [2.75, 3.05) is 7.05 Å². The Morgan fingerprint density at radius 2 is 1.69 bits per heavy atom. The zero-order chi connectivity index (χ0) is 9.68. The van der Waals surface area contributed by atoms with Crippen molar-refractivity contribution in [2.45, 2.75) is 19.4 Å². The van der Waals surface area contributed by atoms with Crippen LogP contribution >= 0.6 is 0 Å². The van der Waals surface area contributed by atoms with Gasteiger partial charge in [-0.3, -0.25) is 0 Å². The zero-order valence-corrected chi connectivity index (χ0v) is 7.56. The number of nitrogens with one attached hydrogen (secondary N) is 1. The van der Waals surface area contributed by atoms with Crippen LogP contribution in [0.25, 0.3) is 0 Å². The van der Waals surface area contributed by atoms with Gasteiger partial charge < -0.3 is 5.32 Å². The average Bonchev–Trinajstić information content (AvgIpc) is 2.08. The van der Waals surface area contributed by atoms with E-state index < -0.39 is 6.43 Å². The van der Waals surface area contributed by atoms with Gasteiger partial charge in [-0.05, 0) is 18.2 Å². The Morgan fingerprint density at radius 3 is 2.15 bits per heavy atom. The molecule has 72 valence electrons. The van der Waals surface area contributed by atoms with Gasteiger partial charge in [-0.25, -0.2) is 8.78 Å². The fourth-order valence-electron chi connectivity index (χ4n) is 1.18. The lowest BCUT2D eigenvalue weighted by Gasteiger charge is -2.02. The molecule has 1 N–H and O–H groups in total. The molecule has 0 heterocycles. The molecule has 0 fully saturated rings. The highest BCUT2D eigenvalue weighted by Crippen LogP contribution is 2.08. The third-order valence-corrected chi connectivity index (χ3v) is 1.79. The summed E-state index contributed by atoms with van der Waals surface area (Å²) in [6.07, 6.45) is -2.41. The second kappa shape index (κ2) is 4.92. The Balaban J connectivity index is 2.59. The molecule has 1 aromatic rings. The number of halogens is 2. The largest absolute Gasteiger partial charge is 0.316 e. The van der Waals surface area contributed by atoms with Gasteiger partial charge in [0.25, 0.3) is 0 Å². The average molecular weight is 185 g/mol. The van der Waals surface area contributed by atoms with E-state index >= 15 is 0 Å². The molecular formula is C10H13F2N. The van der Waals surface area contributed by atoms with E-state index in [1.165, 1.54) is 0 Å². The van der Waals surface area contributed by atoms with Gasteiger partial charge >= 0.3 is 0 Å². The first-order valence-electron chi connectivity index (χ1n) is 4.23. The summed E-state index contributed by atoms with van der Waals surface area (Å²) in [7, 11) is 1.85. The number of rotatable bonds is 4. The molecule has 0 spiro atoms. The molecule has 0 aromatic heterocycles. The first-order chi connectivity index (χ1) is 6.22. The summed E-state index contributed by atoms with van der Waals surface area (Å²) in [6.45, 7) is 0.773. The first-order valence-corrected chi connectivity index (χ1v) is 4.23. The number of benzene rings is 1. The predicted octanol–water partition coefficient (Wildman–Crippen LogP) is 2.21. The monoisotopic (exact) mass is 185 g/mol. The zero-order valence-electron chi connectivity index (χ0n) is 7.56. The molecule has 0 aliphatic carbocycles. The van der Waals surface area contributed by atoms with Crippen molar-refractivity contribution in [2.24, 2.45) is 0 Å². The van der Waals surface area contributed by atoms with Gasteiger partial charge in [0.05, 0.1) is 0 Å². The summed E-state index contributed by atoms with van der Waals surface area (Å²) in [5.41, 5.74) is 1.80. The van der Waals surface area contributed by atoms with E-state index in [0.29, 0.717) is 5.56 Å². The van der Waals surface area contributed by atoms with Crippen molar-refractivity contribution in [3.8, 4) is 0 Å². The highest BCUT2D eigenvalue weighted by molar-refractivity contribution is 5.22. The minimum absolute atomic E-state index is 0.153. The summed E-state index contributed by atoms with van der Waals surface area (Å²) in [4.78, 5) is 0. The Kier molecular flexibility index (Phi) is 3.83. The molecule has 0 saturated carbocycles. The molecule has 3 heteroatoms. The molecule has 0 bridgehead atoms. The van der Waals surface area contributed by atoms with Crippen LogP contribution in [0.2, 0.25) is 0 Å². The predicted molar refractivity (Wildman–Crippen MR) is 48.9 cm³/mol. The van der Waals surface area contributed by atoms with Crippen LogP contribution in [-0.2, 0) is 13.0 Å². The fourth-order valence-corrected chi connectivity index (χ4v) is 1.18. The first kappa shape index (κ1) is 10.1. The number of hydrogen-bond acceptors (Lipinski definition) is 1. The lowest BCUT2D eigenvalue weighted by Crippen LogP contribution is -2.05. The van der Waals surface area contributed by atoms with Crippen LogP contribution < -0.4 is 5.32 Å². The second-order valence-corrected chi connectivity index (χ2v) is 2.94. The molecule has 0 atom stereocenters. The quantitative estimate of drug-likeness (QED) is 0.758. The van der Waals surface area contributed by atoms with Crippen molar-refractivity contribution in [3.63, 3.8) is 0 Å². The SMILES string of the molecule is CNCc1ccc(CC(F)F)cc1.